The maximum Gasteiger partial charge on any atom is 0.411 e. The van der Waals surface area contributed by atoms with Crippen molar-refractivity contribution < 1.29 is 32.3 Å². The Kier molecular flexibility index (Phi) is 7.38. The van der Waals surface area contributed by atoms with Gasteiger partial charge in [-0.1, -0.05) is 11.6 Å². The second-order valence-corrected chi connectivity index (χ2v) is 7.43. The second-order valence-electron chi connectivity index (χ2n) is 4.86. The zero-order valence-corrected chi connectivity index (χ0v) is 15.4. The number of nitrogens with one attached hydrogen (secondary N) is 1. The van der Waals surface area contributed by atoms with Crippen molar-refractivity contribution in [3.05, 3.63) is 28.8 Å². The molecule has 0 radical (unpaired) electrons. The molecule has 25 heavy (non-hydrogen) atoms. The highest BCUT2D eigenvalue weighted by Gasteiger charge is 2.39. The van der Waals surface area contributed by atoms with E-state index in [1.165, 1.54) is 25.1 Å². The molecule has 0 aliphatic heterocycles. The topological polar surface area (TPSA) is 116 Å². The molecule has 0 aliphatic rings. The molecule has 1 atom stereocenters. The summed E-state index contributed by atoms with van der Waals surface area (Å²) in [7, 11) is -4.10. The molecule has 0 fully saturated rings. The van der Waals surface area contributed by atoms with E-state index < -0.39 is 32.9 Å². The number of amides is 1. The molecule has 0 saturated heterocycles. The molecule has 0 bridgehead atoms. The summed E-state index contributed by atoms with van der Waals surface area (Å²) in [5.41, 5.74) is -0.283. The summed E-state index contributed by atoms with van der Waals surface area (Å²) in [6.45, 7) is 3.07. The van der Waals surface area contributed by atoms with Crippen LogP contribution in [0.15, 0.2) is 18.2 Å². The van der Waals surface area contributed by atoms with Gasteiger partial charge < -0.3 is 9.47 Å². The third kappa shape index (κ3) is 5.71. The fraction of sp³-hybridized carbons (Fsp3) is 0.400. The quantitative estimate of drug-likeness (QED) is 0.429. The Balaban J connectivity index is 3.34. The van der Waals surface area contributed by atoms with Gasteiger partial charge in [0.25, 0.3) is 0 Å². The number of carbonyl (C=O) groups is 3. The van der Waals surface area contributed by atoms with Gasteiger partial charge in [0.1, 0.15) is 0 Å². The van der Waals surface area contributed by atoms with Crippen molar-refractivity contribution >= 4 is 45.0 Å². The lowest BCUT2D eigenvalue weighted by atomic mass is 10.1. The van der Waals surface area contributed by atoms with Gasteiger partial charge in [0.05, 0.1) is 18.9 Å². The highest BCUT2D eigenvalue weighted by molar-refractivity contribution is 7.92. The minimum absolute atomic E-state index is 0.0751. The van der Waals surface area contributed by atoms with Gasteiger partial charge in [-0.05, 0) is 32.0 Å². The molecule has 0 heterocycles. The normalized spacial score (nSPS) is 12.2. The highest BCUT2D eigenvalue weighted by Crippen LogP contribution is 2.24. The van der Waals surface area contributed by atoms with Crippen molar-refractivity contribution in [2.75, 3.05) is 24.8 Å². The molecule has 8 nitrogen and oxygen atoms in total. The Labute approximate surface area is 150 Å². The van der Waals surface area contributed by atoms with Crippen molar-refractivity contribution in [3.63, 3.8) is 0 Å². The number of ketones is 1. The number of rotatable bonds is 7. The van der Waals surface area contributed by atoms with Gasteiger partial charge in [0.15, 0.2) is 15.6 Å². The number of carbonyl (C=O) groups excluding carboxylic acids is 3. The molecule has 0 aliphatic carbocycles. The van der Waals surface area contributed by atoms with Crippen LogP contribution in [0, 0.1) is 0 Å². The number of ether oxygens (including phenoxy) is 2. The van der Waals surface area contributed by atoms with Crippen LogP contribution >= 0.6 is 11.6 Å². The standard InChI is InChI=1S/C15H18ClNO7S/c1-4-23-14(19)13(25(3,21)22)12(18)10-7-6-9(16)8-11(10)17-15(20)24-5-2/h6-8,13H,4-5H2,1-3H3,(H,17,20). The Morgan fingerprint density at radius 3 is 2.28 bits per heavy atom. The van der Waals surface area contributed by atoms with Crippen LogP contribution in [0.3, 0.4) is 0 Å². The first-order chi connectivity index (χ1) is 11.6. The average molecular weight is 392 g/mol. The van der Waals surface area contributed by atoms with Gasteiger partial charge in [-0.3, -0.25) is 14.9 Å². The van der Waals surface area contributed by atoms with Crippen LogP contribution in [0.2, 0.25) is 5.02 Å². The number of benzene rings is 1. The summed E-state index contributed by atoms with van der Waals surface area (Å²) in [6.07, 6.45) is -0.105. The van der Waals surface area contributed by atoms with E-state index >= 15 is 0 Å². The smallest absolute Gasteiger partial charge is 0.411 e. The summed E-state index contributed by atoms with van der Waals surface area (Å²) in [4.78, 5) is 36.2. The molecule has 138 valence electrons. The van der Waals surface area contributed by atoms with Crippen molar-refractivity contribution in [3.8, 4) is 0 Å². The molecule has 10 heteroatoms. The number of hydrogen-bond donors (Lipinski definition) is 1. The molecule has 1 unspecified atom stereocenters. The summed E-state index contributed by atoms with van der Waals surface area (Å²) < 4.78 is 33.2. The van der Waals surface area contributed by atoms with E-state index in [4.69, 9.17) is 16.3 Å². The molecule has 1 aromatic carbocycles. The first-order valence-electron chi connectivity index (χ1n) is 7.24. The molecular formula is C15H18ClNO7S. The van der Waals surface area contributed by atoms with E-state index in [1.807, 2.05) is 0 Å². The fourth-order valence-corrected chi connectivity index (χ4v) is 3.05. The van der Waals surface area contributed by atoms with Gasteiger partial charge in [0, 0.05) is 16.8 Å². The fourth-order valence-electron chi connectivity index (χ4n) is 1.95. The van der Waals surface area contributed by atoms with Gasteiger partial charge >= 0.3 is 12.1 Å². The Hall–Kier alpha value is -2.13. The zero-order chi connectivity index (χ0) is 19.2. The van der Waals surface area contributed by atoms with Crippen LogP contribution < -0.4 is 5.32 Å². The largest absolute Gasteiger partial charge is 0.465 e. The van der Waals surface area contributed by atoms with Crippen LogP contribution in [0.5, 0.6) is 0 Å². The predicted molar refractivity (Wildman–Crippen MR) is 91.7 cm³/mol. The monoisotopic (exact) mass is 391 g/mol. The number of hydrogen-bond acceptors (Lipinski definition) is 7. The maximum atomic E-state index is 12.7. The summed E-state index contributed by atoms with van der Waals surface area (Å²) >= 11 is 5.85. The molecular weight excluding hydrogens is 374 g/mol. The molecule has 1 amide bonds. The lowest BCUT2D eigenvalue weighted by Crippen LogP contribution is -2.39. The highest BCUT2D eigenvalue weighted by atomic mass is 35.5. The number of esters is 1. The van der Waals surface area contributed by atoms with E-state index in [0.29, 0.717) is 0 Å². The third-order valence-corrected chi connectivity index (χ3v) is 4.42. The predicted octanol–water partition coefficient (Wildman–Crippen LogP) is 2.07. The Bertz CT molecular complexity index is 776. The van der Waals surface area contributed by atoms with Crippen LogP contribution in [-0.2, 0) is 24.1 Å². The lowest BCUT2D eigenvalue weighted by Gasteiger charge is -2.16. The first kappa shape index (κ1) is 20.9. The van der Waals surface area contributed by atoms with Crippen LogP contribution in [0.4, 0.5) is 10.5 Å². The molecule has 0 spiro atoms. The van der Waals surface area contributed by atoms with E-state index in [2.05, 4.69) is 10.1 Å². The van der Waals surface area contributed by atoms with Crippen LogP contribution in [-0.4, -0.2) is 51.0 Å². The zero-order valence-electron chi connectivity index (χ0n) is 13.9. The summed E-state index contributed by atoms with van der Waals surface area (Å²) in [6, 6.07) is 3.79. The SMILES string of the molecule is CCOC(=O)Nc1cc(Cl)ccc1C(=O)C(C(=O)OCC)S(C)(=O)=O. The number of Topliss-reactive ketones (excluding diaryl/α,β-unsaturated/α-hetero) is 1. The lowest BCUT2D eigenvalue weighted by molar-refractivity contribution is -0.141. The molecule has 1 N–H and O–H groups in total. The molecule has 1 aromatic rings. The van der Waals surface area contributed by atoms with Crippen molar-refractivity contribution in [1.82, 2.24) is 0 Å². The molecule has 1 rings (SSSR count). The minimum atomic E-state index is -4.10. The number of sulfone groups is 1. The van der Waals surface area contributed by atoms with Crippen LogP contribution in [0.25, 0.3) is 0 Å². The Morgan fingerprint density at radius 1 is 1.16 bits per heavy atom. The van der Waals surface area contributed by atoms with E-state index in [-0.39, 0.29) is 29.5 Å². The van der Waals surface area contributed by atoms with Gasteiger partial charge in [-0.15, -0.1) is 0 Å². The Morgan fingerprint density at radius 2 is 1.76 bits per heavy atom. The first-order valence-corrected chi connectivity index (χ1v) is 9.58. The maximum absolute atomic E-state index is 12.7. The third-order valence-electron chi connectivity index (χ3n) is 2.93. The van der Waals surface area contributed by atoms with Crippen molar-refractivity contribution in [2.24, 2.45) is 0 Å². The van der Waals surface area contributed by atoms with Gasteiger partial charge in [0.2, 0.25) is 5.25 Å². The van der Waals surface area contributed by atoms with E-state index in [0.717, 1.165) is 6.26 Å². The molecule has 0 aromatic heterocycles. The molecule has 0 saturated carbocycles. The summed E-state index contributed by atoms with van der Waals surface area (Å²) in [5, 5.41) is 0.442. The summed E-state index contributed by atoms with van der Waals surface area (Å²) in [5.74, 6) is -2.23. The van der Waals surface area contributed by atoms with E-state index in [1.54, 1.807) is 6.92 Å². The van der Waals surface area contributed by atoms with Gasteiger partial charge in [-0.25, -0.2) is 13.2 Å². The van der Waals surface area contributed by atoms with Crippen LogP contribution in [0.1, 0.15) is 24.2 Å². The minimum Gasteiger partial charge on any atom is -0.465 e. The second kappa shape index (κ2) is 8.82. The number of halogens is 1. The number of anilines is 1. The van der Waals surface area contributed by atoms with Crippen molar-refractivity contribution in [2.45, 2.75) is 19.1 Å². The van der Waals surface area contributed by atoms with Crippen molar-refractivity contribution in [1.29, 1.82) is 0 Å². The van der Waals surface area contributed by atoms with E-state index in [9.17, 15) is 22.8 Å². The van der Waals surface area contributed by atoms with Gasteiger partial charge in [-0.2, -0.15) is 0 Å². The average Bonchev–Trinajstić information content (AvgIpc) is 2.46.